The Morgan fingerprint density at radius 3 is 2.67 bits per heavy atom. The summed E-state index contributed by atoms with van der Waals surface area (Å²) >= 11 is 0. The number of aliphatic imine (C=N–C) groups is 1. The maximum absolute atomic E-state index is 11.9. The zero-order valence-corrected chi connectivity index (χ0v) is 9.40. The number of rotatable bonds is 3. The van der Waals surface area contributed by atoms with Gasteiger partial charge in [0, 0.05) is 19.5 Å². The highest BCUT2D eigenvalue weighted by Crippen LogP contribution is 2.03. The topological polar surface area (TPSA) is 67.9 Å². The molecule has 0 aliphatic carbocycles. The fraction of sp³-hybridized carbons (Fsp3) is 0.800. The molecule has 1 heterocycles. The van der Waals surface area contributed by atoms with Crippen LogP contribution in [0.3, 0.4) is 0 Å². The lowest BCUT2D eigenvalue weighted by Crippen LogP contribution is -2.44. The first kappa shape index (κ1) is 12.0. The van der Waals surface area contributed by atoms with Gasteiger partial charge in [0.05, 0.1) is 19.0 Å². The summed E-state index contributed by atoms with van der Waals surface area (Å²) in [5.41, 5.74) is 5.60. The normalized spacial score (nSPS) is 20.1. The van der Waals surface area contributed by atoms with Gasteiger partial charge in [0.1, 0.15) is 6.04 Å². The molecule has 0 aromatic carbocycles. The number of nitrogens with zero attached hydrogens (tertiary/aromatic N) is 2. The molecule has 1 saturated heterocycles. The molecule has 2 N–H and O–H groups in total. The molecule has 1 rings (SSSR count). The van der Waals surface area contributed by atoms with Gasteiger partial charge in [-0.05, 0) is 6.92 Å². The molecule has 15 heavy (non-hydrogen) atoms. The number of morpholine rings is 1. The lowest BCUT2D eigenvalue weighted by Gasteiger charge is -2.28. The van der Waals surface area contributed by atoms with E-state index in [-0.39, 0.29) is 11.9 Å². The van der Waals surface area contributed by atoms with Gasteiger partial charge in [0.2, 0.25) is 5.91 Å². The van der Waals surface area contributed by atoms with Crippen LogP contribution in [0.4, 0.5) is 0 Å². The van der Waals surface area contributed by atoms with Gasteiger partial charge >= 0.3 is 0 Å². The summed E-state index contributed by atoms with van der Waals surface area (Å²) in [6.45, 7) is 6.25. The zero-order valence-electron chi connectivity index (χ0n) is 9.40. The Morgan fingerprint density at radius 1 is 1.53 bits per heavy atom. The van der Waals surface area contributed by atoms with Gasteiger partial charge in [-0.2, -0.15) is 0 Å². The van der Waals surface area contributed by atoms with Crippen molar-refractivity contribution in [2.45, 2.75) is 26.3 Å². The van der Waals surface area contributed by atoms with Crippen LogP contribution >= 0.6 is 0 Å². The van der Waals surface area contributed by atoms with E-state index < -0.39 is 0 Å². The Hall–Kier alpha value is -1.10. The van der Waals surface area contributed by atoms with E-state index in [1.807, 2.05) is 6.92 Å². The van der Waals surface area contributed by atoms with Gasteiger partial charge in [0.25, 0.3) is 0 Å². The van der Waals surface area contributed by atoms with E-state index in [1.165, 1.54) is 0 Å². The van der Waals surface area contributed by atoms with Crippen molar-refractivity contribution < 1.29 is 9.53 Å². The van der Waals surface area contributed by atoms with E-state index in [9.17, 15) is 4.79 Å². The van der Waals surface area contributed by atoms with E-state index in [1.54, 1.807) is 11.8 Å². The van der Waals surface area contributed by atoms with Crippen molar-refractivity contribution in [1.29, 1.82) is 0 Å². The van der Waals surface area contributed by atoms with E-state index >= 15 is 0 Å². The van der Waals surface area contributed by atoms with Gasteiger partial charge in [-0.1, -0.05) is 6.92 Å². The number of nitrogens with two attached hydrogens (primary N) is 1. The smallest absolute Gasteiger partial charge is 0.247 e. The third-order valence-corrected chi connectivity index (χ3v) is 2.40. The number of carbonyl (C=O) groups is 1. The second kappa shape index (κ2) is 5.70. The van der Waals surface area contributed by atoms with Crippen molar-refractivity contribution in [3.8, 4) is 0 Å². The van der Waals surface area contributed by atoms with Crippen LogP contribution in [0.25, 0.3) is 0 Å². The van der Waals surface area contributed by atoms with E-state index in [0.29, 0.717) is 38.6 Å². The number of hydrogen-bond acceptors (Lipinski definition) is 3. The average Bonchev–Trinajstić information content (AvgIpc) is 2.29. The fourth-order valence-electron chi connectivity index (χ4n) is 1.44. The van der Waals surface area contributed by atoms with Crippen LogP contribution in [-0.2, 0) is 9.53 Å². The van der Waals surface area contributed by atoms with Gasteiger partial charge in [-0.25, -0.2) is 0 Å². The van der Waals surface area contributed by atoms with Gasteiger partial charge in [-0.3, -0.25) is 9.79 Å². The molecule has 1 aliphatic heterocycles. The second-order valence-electron chi connectivity index (χ2n) is 3.59. The number of amidine groups is 1. The monoisotopic (exact) mass is 213 g/mol. The predicted octanol–water partition coefficient (Wildman–Crippen LogP) is 0.000900. The maximum atomic E-state index is 11.9. The first-order chi connectivity index (χ1) is 7.15. The fourth-order valence-corrected chi connectivity index (χ4v) is 1.44. The highest BCUT2D eigenvalue weighted by Gasteiger charge is 2.21. The first-order valence-electron chi connectivity index (χ1n) is 5.33. The third kappa shape index (κ3) is 3.51. The molecule has 0 aromatic rings. The Balaban J connectivity index is 2.51. The lowest BCUT2D eigenvalue weighted by molar-refractivity contribution is -0.136. The maximum Gasteiger partial charge on any atom is 0.247 e. The van der Waals surface area contributed by atoms with Gasteiger partial charge in [0.15, 0.2) is 0 Å². The van der Waals surface area contributed by atoms with Gasteiger partial charge < -0.3 is 15.4 Å². The number of amides is 1. The molecule has 0 aromatic heterocycles. The Kier molecular flexibility index (Phi) is 4.55. The van der Waals surface area contributed by atoms with Crippen molar-refractivity contribution in [2.24, 2.45) is 10.7 Å². The van der Waals surface area contributed by atoms with Crippen molar-refractivity contribution in [2.75, 3.05) is 26.3 Å². The predicted molar refractivity (Wildman–Crippen MR) is 58.8 cm³/mol. The molecule has 5 nitrogen and oxygen atoms in total. The molecule has 1 aliphatic rings. The summed E-state index contributed by atoms with van der Waals surface area (Å²) in [6.07, 6.45) is 0.681. The van der Waals surface area contributed by atoms with Crippen LogP contribution in [0.5, 0.6) is 0 Å². The molecule has 0 saturated carbocycles. The largest absolute Gasteiger partial charge is 0.387 e. The van der Waals surface area contributed by atoms with Crippen LogP contribution in [0.15, 0.2) is 4.99 Å². The van der Waals surface area contributed by atoms with Crippen LogP contribution in [0.1, 0.15) is 20.3 Å². The summed E-state index contributed by atoms with van der Waals surface area (Å²) in [6, 6.07) is -0.372. The van der Waals surface area contributed by atoms with E-state index in [4.69, 9.17) is 10.5 Å². The molecular formula is C10H19N3O2. The number of carbonyl (C=O) groups excluding carboxylic acids is 1. The molecule has 1 unspecified atom stereocenters. The molecule has 0 spiro atoms. The summed E-state index contributed by atoms with van der Waals surface area (Å²) in [4.78, 5) is 17.8. The Labute approximate surface area is 90.3 Å². The second-order valence-corrected chi connectivity index (χ2v) is 3.59. The van der Waals surface area contributed by atoms with Crippen LogP contribution < -0.4 is 5.73 Å². The molecule has 0 bridgehead atoms. The SMILES string of the molecule is CCC(N)=NC(C)C(=O)N1CCOCC1. The van der Waals surface area contributed by atoms with Crippen molar-refractivity contribution in [3.63, 3.8) is 0 Å². The van der Waals surface area contributed by atoms with Crippen LogP contribution in [0, 0.1) is 0 Å². The summed E-state index contributed by atoms with van der Waals surface area (Å²) in [5.74, 6) is 0.568. The van der Waals surface area contributed by atoms with Gasteiger partial charge in [-0.15, -0.1) is 0 Å². The quantitative estimate of drug-likeness (QED) is 0.530. The van der Waals surface area contributed by atoms with Crippen LogP contribution in [0.2, 0.25) is 0 Å². The standard InChI is InChI=1S/C10H19N3O2/c1-3-9(11)12-8(2)10(14)13-4-6-15-7-5-13/h8H,3-7H2,1-2H3,(H2,11,12). The molecule has 1 amide bonds. The molecule has 0 radical (unpaired) electrons. The summed E-state index contributed by atoms with van der Waals surface area (Å²) in [7, 11) is 0. The Bertz CT molecular complexity index is 247. The van der Waals surface area contributed by atoms with Crippen molar-refractivity contribution in [1.82, 2.24) is 4.90 Å². The van der Waals surface area contributed by atoms with E-state index in [0.717, 1.165) is 0 Å². The molecule has 1 fully saturated rings. The minimum absolute atomic E-state index is 0.0368. The number of hydrogen-bond donors (Lipinski definition) is 1. The minimum atomic E-state index is -0.372. The molecule has 5 heteroatoms. The van der Waals surface area contributed by atoms with Crippen LogP contribution in [-0.4, -0.2) is 49.0 Å². The molecule has 86 valence electrons. The number of ether oxygens (including phenoxy) is 1. The highest BCUT2D eigenvalue weighted by molar-refractivity contribution is 5.87. The summed E-state index contributed by atoms with van der Waals surface area (Å²) in [5, 5.41) is 0. The summed E-state index contributed by atoms with van der Waals surface area (Å²) < 4.78 is 5.18. The zero-order chi connectivity index (χ0) is 11.3. The highest BCUT2D eigenvalue weighted by atomic mass is 16.5. The lowest BCUT2D eigenvalue weighted by atomic mass is 10.2. The van der Waals surface area contributed by atoms with E-state index in [2.05, 4.69) is 4.99 Å². The minimum Gasteiger partial charge on any atom is -0.387 e. The molecule has 1 atom stereocenters. The Morgan fingerprint density at radius 2 is 2.13 bits per heavy atom. The molecular weight excluding hydrogens is 194 g/mol. The third-order valence-electron chi connectivity index (χ3n) is 2.40. The van der Waals surface area contributed by atoms with Crippen molar-refractivity contribution in [3.05, 3.63) is 0 Å². The van der Waals surface area contributed by atoms with Crippen molar-refractivity contribution >= 4 is 11.7 Å². The average molecular weight is 213 g/mol. The first-order valence-corrected chi connectivity index (χ1v) is 5.33.